The molecule has 3 N–H and O–H groups in total. The first-order valence-corrected chi connectivity index (χ1v) is 6.91. The highest BCUT2D eigenvalue weighted by molar-refractivity contribution is 9.10. The maximum absolute atomic E-state index is 11.9. The summed E-state index contributed by atoms with van der Waals surface area (Å²) in [4.78, 5) is 11.9. The Kier molecular flexibility index (Phi) is 2.92. The predicted octanol–water partition coefficient (Wildman–Crippen LogP) is 1.45. The van der Waals surface area contributed by atoms with Crippen molar-refractivity contribution < 1.29 is 9.90 Å². The van der Waals surface area contributed by atoms with Gasteiger partial charge in [0, 0.05) is 4.47 Å². The molecule has 96 valence electrons. The fraction of sp³-hybridized carbons (Fsp3) is 0.462. The topological polar surface area (TPSA) is 61.4 Å². The van der Waals surface area contributed by atoms with Crippen molar-refractivity contribution in [1.82, 2.24) is 10.6 Å². The normalized spacial score (nSPS) is 35.1. The minimum Gasteiger partial charge on any atom is -0.361 e. The molecule has 1 aromatic carbocycles. The minimum atomic E-state index is -0.902. The lowest BCUT2D eigenvalue weighted by Gasteiger charge is -2.20. The van der Waals surface area contributed by atoms with Crippen LogP contribution in [-0.4, -0.2) is 22.9 Å². The van der Waals surface area contributed by atoms with E-state index in [9.17, 15) is 9.90 Å². The van der Waals surface area contributed by atoms with E-state index in [0.29, 0.717) is 5.92 Å². The molecule has 1 unspecified atom stereocenters. The third-order valence-electron chi connectivity index (χ3n) is 3.97. The first-order valence-electron chi connectivity index (χ1n) is 6.11. The molecule has 3 rings (SSSR count). The summed E-state index contributed by atoms with van der Waals surface area (Å²) in [5, 5.41) is 15.0. The number of aliphatic hydroxyl groups is 1. The molecule has 1 aromatic rings. The van der Waals surface area contributed by atoms with Crippen LogP contribution in [0.3, 0.4) is 0 Å². The van der Waals surface area contributed by atoms with E-state index < -0.39 is 11.9 Å². The summed E-state index contributed by atoms with van der Waals surface area (Å²) in [6.45, 7) is 0. The molecule has 0 aromatic heterocycles. The van der Waals surface area contributed by atoms with Gasteiger partial charge < -0.3 is 10.4 Å². The largest absolute Gasteiger partial charge is 0.361 e. The van der Waals surface area contributed by atoms with E-state index in [-0.39, 0.29) is 5.91 Å². The number of halogens is 1. The van der Waals surface area contributed by atoms with E-state index >= 15 is 0 Å². The molecule has 2 fully saturated rings. The van der Waals surface area contributed by atoms with Gasteiger partial charge in [-0.25, -0.2) is 0 Å². The first kappa shape index (κ1) is 12.1. The number of benzene rings is 1. The molecule has 0 bridgehead atoms. The monoisotopic (exact) mass is 310 g/mol. The summed E-state index contributed by atoms with van der Waals surface area (Å²) in [5.74, 6) is 0.302. The number of carbonyl (C=O) groups excluding carboxylic acids is 1. The highest BCUT2D eigenvalue weighted by Gasteiger charge is 2.50. The summed E-state index contributed by atoms with van der Waals surface area (Å²) in [6, 6.07) is 8.24. The van der Waals surface area contributed by atoms with Gasteiger partial charge in [0.15, 0.2) is 6.35 Å². The van der Waals surface area contributed by atoms with Gasteiger partial charge in [0.1, 0.15) is 5.54 Å². The number of carbonyl (C=O) groups is 1. The molecular weight excluding hydrogens is 296 g/mol. The van der Waals surface area contributed by atoms with Gasteiger partial charge in [0.25, 0.3) is 0 Å². The molecule has 3 atom stereocenters. The molecule has 1 saturated carbocycles. The van der Waals surface area contributed by atoms with Crippen molar-refractivity contribution in [3.8, 4) is 0 Å². The van der Waals surface area contributed by atoms with Crippen LogP contribution < -0.4 is 10.6 Å². The summed E-state index contributed by atoms with van der Waals surface area (Å²) in [5.41, 5.74) is 0.683. The van der Waals surface area contributed by atoms with E-state index in [2.05, 4.69) is 38.7 Å². The standard InChI is InChI=1S/C13H15BrN2O2/c14-10-3-1-8(2-4-10)9-5-6-13(7-9)11(17)15-12(18)16-13/h1-4,9,12,16,18H,5-7H2,(H,15,17)/t9-,12?,13-/m0/s1. The quantitative estimate of drug-likeness (QED) is 0.736. The first-order chi connectivity index (χ1) is 8.59. The van der Waals surface area contributed by atoms with E-state index in [1.807, 2.05) is 12.1 Å². The molecule has 1 saturated heterocycles. The Balaban J connectivity index is 1.79. The highest BCUT2D eigenvalue weighted by atomic mass is 79.9. The van der Waals surface area contributed by atoms with Gasteiger partial charge in [0.05, 0.1) is 0 Å². The molecule has 1 spiro atoms. The number of aliphatic hydroxyl groups excluding tert-OH is 1. The molecule has 1 aliphatic carbocycles. The van der Waals surface area contributed by atoms with Gasteiger partial charge >= 0.3 is 0 Å². The molecule has 1 aliphatic heterocycles. The lowest BCUT2D eigenvalue weighted by atomic mass is 9.92. The second-order valence-corrected chi connectivity index (χ2v) is 6.01. The van der Waals surface area contributed by atoms with E-state index in [0.717, 1.165) is 23.7 Å². The number of rotatable bonds is 1. The van der Waals surface area contributed by atoms with Crippen LogP contribution in [0.4, 0.5) is 0 Å². The van der Waals surface area contributed by atoms with Gasteiger partial charge in [-0.1, -0.05) is 28.1 Å². The minimum absolute atomic E-state index is 0.0744. The summed E-state index contributed by atoms with van der Waals surface area (Å²) in [7, 11) is 0. The summed E-state index contributed by atoms with van der Waals surface area (Å²) in [6.07, 6.45) is 1.59. The Morgan fingerprint density at radius 1 is 1.33 bits per heavy atom. The van der Waals surface area contributed by atoms with Crippen LogP contribution in [0, 0.1) is 0 Å². The predicted molar refractivity (Wildman–Crippen MR) is 70.8 cm³/mol. The number of hydrogen-bond acceptors (Lipinski definition) is 3. The Labute approximate surface area is 114 Å². The second-order valence-electron chi connectivity index (χ2n) is 5.09. The zero-order valence-electron chi connectivity index (χ0n) is 9.82. The summed E-state index contributed by atoms with van der Waals surface area (Å²) >= 11 is 3.42. The van der Waals surface area contributed by atoms with E-state index in [1.54, 1.807) is 0 Å². The fourth-order valence-corrected chi connectivity index (χ4v) is 3.29. The van der Waals surface area contributed by atoms with Crippen molar-refractivity contribution >= 4 is 21.8 Å². The number of hydrogen-bond donors (Lipinski definition) is 3. The van der Waals surface area contributed by atoms with Crippen LogP contribution in [-0.2, 0) is 4.79 Å². The molecule has 1 heterocycles. The van der Waals surface area contributed by atoms with Crippen molar-refractivity contribution in [2.75, 3.05) is 0 Å². The van der Waals surface area contributed by atoms with Crippen molar-refractivity contribution in [3.05, 3.63) is 34.3 Å². The molecule has 0 radical (unpaired) electrons. The Morgan fingerprint density at radius 2 is 2.06 bits per heavy atom. The highest BCUT2D eigenvalue weighted by Crippen LogP contribution is 2.42. The average Bonchev–Trinajstić information content (AvgIpc) is 2.86. The van der Waals surface area contributed by atoms with E-state index in [4.69, 9.17) is 0 Å². The van der Waals surface area contributed by atoms with Gasteiger partial charge in [-0.3, -0.25) is 10.1 Å². The Hall–Kier alpha value is -0.910. The van der Waals surface area contributed by atoms with Crippen LogP contribution in [0.15, 0.2) is 28.7 Å². The van der Waals surface area contributed by atoms with Crippen LogP contribution in [0.5, 0.6) is 0 Å². The SMILES string of the molecule is O=C1NC(O)N[C@]12CC[C@H](c1ccc(Br)cc1)C2. The average molecular weight is 311 g/mol. The van der Waals surface area contributed by atoms with Gasteiger partial charge in [-0.2, -0.15) is 0 Å². The molecule has 2 aliphatic rings. The van der Waals surface area contributed by atoms with Crippen LogP contribution >= 0.6 is 15.9 Å². The lowest BCUT2D eigenvalue weighted by molar-refractivity contribution is -0.124. The number of amides is 1. The third-order valence-corrected chi connectivity index (χ3v) is 4.50. The molecule has 18 heavy (non-hydrogen) atoms. The third kappa shape index (κ3) is 1.96. The van der Waals surface area contributed by atoms with Gasteiger partial charge in [-0.05, 0) is 42.9 Å². The number of nitrogens with one attached hydrogen (secondary N) is 2. The van der Waals surface area contributed by atoms with Crippen LogP contribution in [0.25, 0.3) is 0 Å². The zero-order chi connectivity index (χ0) is 12.8. The Morgan fingerprint density at radius 3 is 2.67 bits per heavy atom. The van der Waals surface area contributed by atoms with Crippen LogP contribution in [0.2, 0.25) is 0 Å². The van der Waals surface area contributed by atoms with E-state index in [1.165, 1.54) is 5.56 Å². The second kappa shape index (κ2) is 4.33. The molecule has 5 heteroatoms. The van der Waals surface area contributed by atoms with Crippen molar-refractivity contribution in [3.63, 3.8) is 0 Å². The van der Waals surface area contributed by atoms with Crippen LogP contribution in [0.1, 0.15) is 30.7 Å². The lowest BCUT2D eigenvalue weighted by Crippen LogP contribution is -2.45. The van der Waals surface area contributed by atoms with Crippen molar-refractivity contribution in [2.45, 2.75) is 37.1 Å². The summed E-state index contributed by atoms with van der Waals surface area (Å²) < 4.78 is 1.06. The molecular formula is C13H15BrN2O2. The molecule has 1 amide bonds. The maximum atomic E-state index is 11.9. The smallest absolute Gasteiger partial charge is 0.243 e. The molecule has 4 nitrogen and oxygen atoms in total. The fourth-order valence-electron chi connectivity index (χ4n) is 3.03. The maximum Gasteiger partial charge on any atom is 0.243 e. The van der Waals surface area contributed by atoms with Gasteiger partial charge in [-0.15, -0.1) is 0 Å². The van der Waals surface area contributed by atoms with Crippen molar-refractivity contribution in [2.24, 2.45) is 0 Å². The van der Waals surface area contributed by atoms with Crippen molar-refractivity contribution in [1.29, 1.82) is 0 Å². The Bertz CT molecular complexity index is 476. The van der Waals surface area contributed by atoms with Gasteiger partial charge in [0.2, 0.25) is 5.91 Å². The zero-order valence-corrected chi connectivity index (χ0v) is 11.4.